The third-order valence-electron chi connectivity index (χ3n) is 4.09. The topological polar surface area (TPSA) is 69.6 Å². The monoisotopic (exact) mass is 326 g/mol. The molecule has 2 rings (SSSR count). The van der Waals surface area contributed by atoms with E-state index in [1.54, 1.807) is 0 Å². The van der Waals surface area contributed by atoms with Crippen LogP contribution in [0.2, 0.25) is 0 Å². The summed E-state index contributed by atoms with van der Waals surface area (Å²) in [5, 5.41) is 11.8. The number of nitrogens with one attached hydrogen (secondary N) is 1. The maximum Gasteiger partial charge on any atom is 0.306 e. The molecule has 1 amide bonds. The van der Waals surface area contributed by atoms with Crippen molar-refractivity contribution in [3.63, 3.8) is 0 Å². The minimum Gasteiger partial charge on any atom is -0.481 e. The van der Waals surface area contributed by atoms with Crippen molar-refractivity contribution in [3.05, 3.63) is 29.3 Å². The Labute approximate surface area is 137 Å². The number of carboxylic acid groups (broad SMARTS) is 1. The second-order valence-electron chi connectivity index (χ2n) is 5.74. The van der Waals surface area contributed by atoms with Gasteiger partial charge in [-0.1, -0.05) is 6.07 Å². The molecule has 1 saturated heterocycles. The van der Waals surface area contributed by atoms with Crippen molar-refractivity contribution in [2.45, 2.75) is 26.7 Å². The van der Waals surface area contributed by atoms with E-state index >= 15 is 0 Å². The van der Waals surface area contributed by atoms with E-state index in [2.05, 4.69) is 5.32 Å². The van der Waals surface area contributed by atoms with Gasteiger partial charge in [-0.25, -0.2) is 0 Å². The Kier molecular flexibility index (Phi) is 6.84. The van der Waals surface area contributed by atoms with Gasteiger partial charge in [-0.2, -0.15) is 0 Å². The number of carbonyl (C=O) groups excluding carboxylic acids is 1. The first-order valence-electron chi connectivity index (χ1n) is 7.28. The van der Waals surface area contributed by atoms with Gasteiger partial charge < -0.3 is 10.4 Å². The summed E-state index contributed by atoms with van der Waals surface area (Å²) < 4.78 is 0. The van der Waals surface area contributed by atoms with E-state index in [9.17, 15) is 9.59 Å². The summed E-state index contributed by atoms with van der Waals surface area (Å²) in [5.74, 6) is -1.04. The summed E-state index contributed by atoms with van der Waals surface area (Å²) in [5.41, 5.74) is 3.15. The minimum atomic E-state index is -0.728. The third-order valence-corrected chi connectivity index (χ3v) is 4.09. The highest BCUT2D eigenvalue weighted by Gasteiger charge is 2.25. The van der Waals surface area contributed by atoms with Crippen molar-refractivity contribution >= 4 is 30.0 Å². The first-order chi connectivity index (χ1) is 9.95. The molecule has 122 valence electrons. The molecule has 1 aromatic carbocycles. The molecule has 1 fully saturated rings. The number of benzene rings is 1. The van der Waals surface area contributed by atoms with E-state index in [1.165, 1.54) is 5.56 Å². The van der Waals surface area contributed by atoms with Crippen LogP contribution in [0.5, 0.6) is 0 Å². The number of aryl methyl sites for hydroxylation is 2. The van der Waals surface area contributed by atoms with Gasteiger partial charge in [-0.3, -0.25) is 14.5 Å². The fourth-order valence-electron chi connectivity index (χ4n) is 2.56. The van der Waals surface area contributed by atoms with Gasteiger partial charge in [0.25, 0.3) is 0 Å². The summed E-state index contributed by atoms with van der Waals surface area (Å²) >= 11 is 0. The molecule has 0 atom stereocenters. The summed E-state index contributed by atoms with van der Waals surface area (Å²) in [4.78, 5) is 24.9. The summed E-state index contributed by atoms with van der Waals surface area (Å²) in [6.45, 7) is 5.70. The van der Waals surface area contributed by atoms with Crippen molar-refractivity contribution in [2.24, 2.45) is 5.92 Å². The lowest BCUT2D eigenvalue weighted by atomic mass is 9.97. The molecule has 0 radical (unpaired) electrons. The first-order valence-corrected chi connectivity index (χ1v) is 7.28. The second kappa shape index (κ2) is 8.15. The molecule has 1 aromatic rings. The minimum absolute atomic E-state index is 0. The molecule has 1 aliphatic rings. The maximum absolute atomic E-state index is 12.0. The van der Waals surface area contributed by atoms with Crippen LogP contribution < -0.4 is 5.32 Å². The molecule has 0 aliphatic carbocycles. The average Bonchev–Trinajstić information content (AvgIpc) is 2.43. The molecule has 0 saturated carbocycles. The average molecular weight is 327 g/mol. The summed E-state index contributed by atoms with van der Waals surface area (Å²) in [6.07, 6.45) is 1.23. The highest BCUT2D eigenvalue weighted by molar-refractivity contribution is 5.92. The van der Waals surface area contributed by atoms with Crippen molar-refractivity contribution in [1.82, 2.24) is 4.90 Å². The number of carbonyl (C=O) groups is 2. The Morgan fingerprint density at radius 3 is 2.41 bits per heavy atom. The highest BCUT2D eigenvalue weighted by Crippen LogP contribution is 2.18. The van der Waals surface area contributed by atoms with Crippen LogP contribution in [-0.2, 0) is 9.59 Å². The Balaban J connectivity index is 0.00000242. The Hall–Kier alpha value is -1.59. The van der Waals surface area contributed by atoms with Gasteiger partial charge in [-0.15, -0.1) is 12.4 Å². The van der Waals surface area contributed by atoms with Crippen LogP contribution in [0.3, 0.4) is 0 Å². The summed E-state index contributed by atoms with van der Waals surface area (Å²) in [6, 6.07) is 5.85. The van der Waals surface area contributed by atoms with E-state index in [0.717, 1.165) is 11.3 Å². The molecule has 0 aromatic heterocycles. The van der Waals surface area contributed by atoms with Gasteiger partial charge in [0.1, 0.15) is 0 Å². The van der Waals surface area contributed by atoms with Crippen LogP contribution in [-0.4, -0.2) is 41.5 Å². The number of anilines is 1. The van der Waals surface area contributed by atoms with Crippen molar-refractivity contribution in [2.75, 3.05) is 25.0 Å². The predicted molar refractivity (Wildman–Crippen MR) is 88.6 cm³/mol. The molecular weight excluding hydrogens is 304 g/mol. The van der Waals surface area contributed by atoms with Crippen molar-refractivity contribution in [1.29, 1.82) is 0 Å². The highest BCUT2D eigenvalue weighted by atomic mass is 35.5. The lowest BCUT2D eigenvalue weighted by molar-refractivity contribution is -0.143. The zero-order chi connectivity index (χ0) is 15.4. The lowest BCUT2D eigenvalue weighted by Crippen LogP contribution is -2.40. The van der Waals surface area contributed by atoms with E-state index in [1.807, 2.05) is 36.9 Å². The zero-order valence-electron chi connectivity index (χ0n) is 13.0. The number of halogens is 1. The molecule has 22 heavy (non-hydrogen) atoms. The molecule has 1 aliphatic heterocycles. The number of nitrogens with zero attached hydrogens (tertiary/aromatic N) is 1. The fourth-order valence-corrected chi connectivity index (χ4v) is 2.56. The number of likely N-dealkylation sites (tertiary alicyclic amines) is 1. The van der Waals surface area contributed by atoms with Gasteiger partial charge in [0.2, 0.25) is 5.91 Å². The van der Waals surface area contributed by atoms with Crippen LogP contribution in [0.25, 0.3) is 0 Å². The normalized spacial score (nSPS) is 15.9. The number of rotatable bonds is 4. The molecule has 2 N–H and O–H groups in total. The molecular formula is C16H23ClN2O3. The van der Waals surface area contributed by atoms with Crippen LogP contribution in [0.1, 0.15) is 24.0 Å². The Morgan fingerprint density at radius 2 is 1.86 bits per heavy atom. The molecule has 5 nitrogen and oxygen atoms in total. The van der Waals surface area contributed by atoms with Gasteiger partial charge in [-0.05, 0) is 63.0 Å². The SMILES string of the molecule is Cc1ccc(NC(=O)CN2CCC(C(=O)O)CC2)cc1C.Cl. The van der Waals surface area contributed by atoms with Crippen LogP contribution >= 0.6 is 12.4 Å². The first kappa shape index (κ1) is 18.5. The summed E-state index contributed by atoms with van der Waals surface area (Å²) in [7, 11) is 0. The van der Waals surface area contributed by atoms with E-state index in [4.69, 9.17) is 5.11 Å². The van der Waals surface area contributed by atoms with Gasteiger partial charge in [0.15, 0.2) is 0 Å². The molecule has 1 heterocycles. The molecule has 0 bridgehead atoms. The van der Waals surface area contributed by atoms with Crippen LogP contribution in [0, 0.1) is 19.8 Å². The number of carboxylic acids is 1. The van der Waals surface area contributed by atoms with E-state index in [0.29, 0.717) is 32.5 Å². The number of hydrogen-bond acceptors (Lipinski definition) is 3. The molecule has 0 unspecified atom stereocenters. The van der Waals surface area contributed by atoms with E-state index < -0.39 is 5.97 Å². The predicted octanol–water partition coefficient (Wildman–Crippen LogP) is 2.46. The van der Waals surface area contributed by atoms with Crippen molar-refractivity contribution < 1.29 is 14.7 Å². The number of hydrogen-bond donors (Lipinski definition) is 2. The number of amides is 1. The third kappa shape index (κ3) is 5.00. The van der Waals surface area contributed by atoms with Crippen molar-refractivity contribution in [3.8, 4) is 0 Å². The Morgan fingerprint density at radius 1 is 1.23 bits per heavy atom. The maximum atomic E-state index is 12.0. The van der Waals surface area contributed by atoms with E-state index in [-0.39, 0.29) is 24.2 Å². The van der Waals surface area contributed by atoms with Crippen LogP contribution in [0.4, 0.5) is 5.69 Å². The fraction of sp³-hybridized carbons (Fsp3) is 0.500. The van der Waals surface area contributed by atoms with Gasteiger partial charge in [0.05, 0.1) is 12.5 Å². The smallest absolute Gasteiger partial charge is 0.306 e. The second-order valence-corrected chi connectivity index (χ2v) is 5.74. The number of piperidine rings is 1. The Bertz CT molecular complexity index is 540. The largest absolute Gasteiger partial charge is 0.481 e. The molecule has 6 heteroatoms. The van der Waals surface area contributed by atoms with Gasteiger partial charge in [0, 0.05) is 5.69 Å². The lowest BCUT2D eigenvalue weighted by Gasteiger charge is -2.29. The zero-order valence-corrected chi connectivity index (χ0v) is 13.8. The number of aliphatic carboxylic acids is 1. The standard InChI is InChI=1S/C16H22N2O3.ClH/c1-11-3-4-14(9-12(11)2)17-15(19)10-18-7-5-13(6-8-18)16(20)21;/h3-4,9,13H,5-8,10H2,1-2H3,(H,17,19)(H,20,21);1H. The van der Waals surface area contributed by atoms with Crippen LogP contribution in [0.15, 0.2) is 18.2 Å². The van der Waals surface area contributed by atoms with Gasteiger partial charge >= 0.3 is 5.97 Å². The molecule has 0 spiro atoms. The quantitative estimate of drug-likeness (QED) is 0.891.